The third-order valence-electron chi connectivity index (χ3n) is 5.44. The molecule has 5 heteroatoms. The Labute approximate surface area is 119 Å². The molecule has 4 atom stereocenters. The van der Waals surface area contributed by atoms with Crippen LogP contribution < -0.4 is 0 Å². The number of rotatable bonds is 2. The van der Waals surface area contributed by atoms with E-state index in [-0.39, 0.29) is 24.0 Å². The number of nitrogens with zero attached hydrogens (tertiary/aromatic N) is 2. The first-order valence-electron chi connectivity index (χ1n) is 7.91. The molecule has 3 fully saturated rings. The number of fused-ring (bicyclic) bond motifs is 2. The van der Waals surface area contributed by atoms with Crippen LogP contribution in [0.4, 0.5) is 4.79 Å². The number of urea groups is 1. The molecule has 0 aromatic rings. The van der Waals surface area contributed by atoms with E-state index in [0.29, 0.717) is 12.3 Å². The number of carbonyl (C=O) groups excluding carboxylic acids is 1. The summed E-state index contributed by atoms with van der Waals surface area (Å²) in [6, 6.07) is 0.196. The maximum absolute atomic E-state index is 12.7. The molecule has 0 radical (unpaired) electrons. The van der Waals surface area contributed by atoms with Crippen molar-refractivity contribution in [1.82, 2.24) is 9.80 Å². The van der Waals surface area contributed by atoms with Gasteiger partial charge in [0.25, 0.3) is 0 Å². The van der Waals surface area contributed by atoms with Crippen LogP contribution in [0.2, 0.25) is 0 Å². The molecule has 3 aliphatic rings. The number of piperidine rings is 1. The molecule has 3 rings (SSSR count). The van der Waals surface area contributed by atoms with Crippen molar-refractivity contribution in [2.24, 2.45) is 11.8 Å². The minimum absolute atomic E-state index is 0.0630. The zero-order valence-electron chi connectivity index (χ0n) is 12.1. The minimum Gasteiger partial charge on any atom is -0.481 e. The number of carbonyl (C=O) groups is 2. The molecule has 0 aromatic heterocycles. The van der Waals surface area contributed by atoms with E-state index in [9.17, 15) is 14.7 Å². The Morgan fingerprint density at radius 1 is 1.25 bits per heavy atom. The van der Waals surface area contributed by atoms with Gasteiger partial charge in [-0.05, 0) is 38.0 Å². The van der Waals surface area contributed by atoms with E-state index in [0.717, 1.165) is 38.8 Å². The molecule has 5 nitrogen and oxygen atoms in total. The van der Waals surface area contributed by atoms with Crippen molar-refractivity contribution < 1.29 is 14.7 Å². The average molecular weight is 280 g/mol. The normalized spacial score (nSPS) is 36.5. The van der Waals surface area contributed by atoms with Crippen LogP contribution in [-0.4, -0.2) is 52.1 Å². The molecular formula is C15H24N2O3. The van der Waals surface area contributed by atoms with Gasteiger partial charge in [-0.25, -0.2) is 4.79 Å². The molecule has 0 aliphatic carbocycles. The monoisotopic (exact) mass is 280 g/mol. The molecule has 1 N–H and O–H groups in total. The Hall–Kier alpha value is -1.26. The summed E-state index contributed by atoms with van der Waals surface area (Å²) in [7, 11) is 0. The van der Waals surface area contributed by atoms with Crippen molar-refractivity contribution in [2.45, 2.75) is 57.5 Å². The van der Waals surface area contributed by atoms with E-state index in [1.165, 1.54) is 6.42 Å². The highest BCUT2D eigenvalue weighted by Crippen LogP contribution is 2.42. The average Bonchev–Trinajstić information content (AvgIpc) is 3.04. The van der Waals surface area contributed by atoms with Gasteiger partial charge in [0.05, 0.1) is 5.92 Å². The van der Waals surface area contributed by atoms with Crippen LogP contribution >= 0.6 is 0 Å². The fraction of sp³-hybridized carbons (Fsp3) is 0.867. The maximum atomic E-state index is 12.7. The molecule has 0 aromatic carbocycles. The SMILES string of the molecule is CCC1CCCN(C(=O)N2C3CCC2C(C(=O)O)C3)C1. The van der Waals surface area contributed by atoms with E-state index in [2.05, 4.69) is 6.92 Å². The number of carboxylic acid groups (broad SMARTS) is 1. The second-order valence-corrected chi connectivity index (χ2v) is 6.53. The Morgan fingerprint density at radius 2 is 2.05 bits per heavy atom. The lowest BCUT2D eigenvalue weighted by Gasteiger charge is -2.36. The van der Waals surface area contributed by atoms with Crippen LogP contribution in [0, 0.1) is 11.8 Å². The first-order chi connectivity index (χ1) is 9.61. The van der Waals surface area contributed by atoms with Crippen LogP contribution in [0.1, 0.15) is 45.4 Å². The van der Waals surface area contributed by atoms with Gasteiger partial charge in [0, 0.05) is 25.2 Å². The summed E-state index contributed by atoms with van der Waals surface area (Å²) in [5, 5.41) is 9.27. The van der Waals surface area contributed by atoms with Crippen molar-refractivity contribution in [3.05, 3.63) is 0 Å². The third kappa shape index (κ3) is 2.17. The van der Waals surface area contributed by atoms with Crippen LogP contribution in [0.15, 0.2) is 0 Å². The number of amides is 2. The molecule has 0 spiro atoms. The molecule has 2 bridgehead atoms. The third-order valence-corrected chi connectivity index (χ3v) is 5.44. The summed E-state index contributed by atoms with van der Waals surface area (Å²) in [5.41, 5.74) is 0. The van der Waals surface area contributed by atoms with Gasteiger partial charge in [0.1, 0.15) is 0 Å². The Kier molecular flexibility index (Phi) is 3.61. The Balaban J connectivity index is 1.70. The van der Waals surface area contributed by atoms with Crippen LogP contribution in [0.25, 0.3) is 0 Å². The van der Waals surface area contributed by atoms with Gasteiger partial charge < -0.3 is 14.9 Å². The summed E-state index contributed by atoms with van der Waals surface area (Å²) in [5.74, 6) is -0.465. The number of likely N-dealkylation sites (tertiary alicyclic amines) is 1. The lowest BCUT2D eigenvalue weighted by molar-refractivity contribution is -0.142. The summed E-state index contributed by atoms with van der Waals surface area (Å²) in [6.45, 7) is 3.87. The van der Waals surface area contributed by atoms with Gasteiger partial charge in [-0.3, -0.25) is 4.79 Å². The molecule has 20 heavy (non-hydrogen) atoms. The number of hydrogen-bond donors (Lipinski definition) is 1. The zero-order chi connectivity index (χ0) is 14.3. The van der Waals surface area contributed by atoms with Crippen molar-refractivity contribution >= 4 is 12.0 Å². The minimum atomic E-state index is -0.736. The topological polar surface area (TPSA) is 60.9 Å². The molecule has 0 saturated carbocycles. The highest BCUT2D eigenvalue weighted by molar-refractivity contribution is 5.79. The van der Waals surface area contributed by atoms with Crippen LogP contribution in [-0.2, 0) is 4.79 Å². The van der Waals surface area contributed by atoms with Gasteiger partial charge >= 0.3 is 12.0 Å². The van der Waals surface area contributed by atoms with Gasteiger partial charge in [-0.2, -0.15) is 0 Å². The van der Waals surface area contributed by atoms with E-state index in [1.54, 1.807) is 0 Å². The smallest absolute Gasteiger partial charge is 0.320 e. The summed E-state index contributed by atoms with van der Waals surface area (Å²) in [6.07, 6.45) is 5.90. The number of aliphatic carboxylic acids is 1. The maximum Gasteiger partial charge on any atom is 0.320 e. The highest BCUT2D eigenvalue weighted by Gasteiger charge is 2.52. The molecule has 4 unspecified atom stereocenters. The van der Waals surface area contributed by atoms with Crippen molar-refractivity contribution in [3.63, 3.8) is 0 Å². The summed E-state index contributed by atoms with van der Waals surface area (Å²) < 4.78 is 0. The predicted molar refractivity (Wildman–Crippen MR) is 74.4 cm³/mol. The van der Waals surface area contributed by atoms with Gasteiger partial charge in [0.2, 0.25) is 0 Å². The molecule has 3 aliphatic heterocycles. The Morgan fingerprint density at radius 3 is 2.70 bits per heavy atom. The highest BCUT2D eigenvalue weighted by atomic mass is 16.4. The molecule has 112 valence electrons. The molecule has 2 amide bonds. The summed E-state index contributed by atoms with van der Waals surface area (Å²) in [4.78, 5) is 27.9. The fourth-order valence-corrected chi connectivity index (χ4v) is 4.29. The first kappa shape index (κ1) is 13.7. The summed E-state index contributed by atoms with van der Waals surface area (Å²) >= 11 is 0. The number of hydrogen-bond acceptors (Lipinski definition) is 2. The second kappa shape index (κ2) is 5.26. The van der Waals surface area contributed by atoms with Gasteiger partial charge in [0.15, 0.2) is 0 Å². The van der Waals surface area contributed by atoms with Crippen molar-refractivity contribution in [1.29, 1.82) is 0 Å². The van der Waals surface area contributed by atoms with Gasteiger partial charge in [-0.1, -0.05) is 13.3 Å². The quantitative estimate of drug-likeness (QED) is 0.843. The van der Waals surface area contributed by atoms with Crippen LogP contribution in [0.5, 0.6) is 0 Å². The lowest BCUT2D eigenvalue weighted by atomic mass is 9.89. The second-order valence-electron chi connectivity index (χ2n) is 6.53. The fourth-order valence-electron chi connectivity index (χ4n) is 4.29. The molecule has 3 heterocycles. The standard InChI is InChI=1S/C15H24N2O3/c1-2-10-4-3-7-16(9-10)15(20)17-11-5-6-13(17)12(8-11)14(18)19/h10-13H,2-9H2,1H3,(H,18,19). The van der Waals surface area contributed by atoms with Crippen molar-refractivity contribution in [3.8, 4) is 0 Å². The van der Waals surface area contributed by atoms with E-state index in [1.807, 2.05) is 9.80 Å². The van der Waals surface area contributed by atoms with Crippen molar-refractivity contribution in [2.75, 3.05) is 13.1 Å². The lowest BCUT2D eigenvalue weighted by Crippen LogP contribution is -2.49. The van der Waals surface area contributed by atoms with E-state index < -0.39 is 5.97 Å². The Bertz CT molecular complexity index is 412. The first-order valence-corrected chi connectivity index (χ1v) is 7.91. The predicted octanol–water partition coefficient (Wildman–Crippen LogP) is 2.17. The largest absolute Gasteiger partial charge is 0.481 e. The van der Waals surface area contributed by atoms with E-state index in [4.69, 9.17) is 0 Å². The number of carboxylic acids is 1. The van der Waals surface area contributed by atoms with Crippen LogP contribution in [0.3, 0.4) is 0 Å². The molecule has 3 saturated heterocycles. The van der Waals surface area contributed by atoms with Gasteiger partial charge in [-0.15, -0.1) is 0 Å². The van der Waals surface area contributed by atoms with E-state index >= 15 is 0 Å². The molecular weight excluding hydrogens is 256 g/mol. The zero-order valence-corrected chi connectivity index (χ0v) is 12.1.